The molecular formula is C20H24. The van der Waals surface area contributed by atoms with E-state index in [2.05, 4.69) is 57.2 Å². The number of benzene rings is 2. The molecule has 104 valence electrons. The zero-order valence-electron chi connectivity index (χ0n) is 12.9. The van der Waals surface area contributed by atoms with Gasteiger partial charge in [0.25, 0.3) is 0 Å². The first kappa shape index (κ1) is 13.4. The maximum absolute atomic E-state index is 2.37. The Morgan fingerprint density at radius 3 is 2.40 bits per heavy atom. The second-order valence-electron chi connectivity index (χ2n) is 6.49. The zero-order chi connectivity index (χ0) is 14.1. The van der Waals surface area contributed by atoms with E-state index in [1.54, 1.807) is 22.3 Å². The molecule has 1 aliphatic rings. The van der Waals surface area contributed by atoms with Crippen molar-refractivity contribution in [3.05, 3.63) is 69.8 Å². The number of rotatable bonds is 3. The molecule has 0 amide bonds. The molecule has 0 nitrogen and oxygen atoms in total. The van der Waals surface area contributed by atoms with Gasteiger partial charge in [-0.3, -0.25) is 0 Å². The second-order valence-corrected chi connectivity index (χ2v) is 6.49. The van der Waals surface area contributed by atoms with Crippen molar-refractivity contribution in [3.63, 3.8) is 0 Å². The highest BCUT2D eigenvalue weighted by Gasteiger charge is 2.20. The Kier molecular flexibility index (Phi) is 3.65. The molecule has 1 unspecified atom stereocenters. The highest BCUT2D eigenvalue weighted by molar-refractivity contribution is 5.43. The molecule has 0 saturated heterocycles. The van der Waals surface area contributed by atoms with Gasteiger partial charge in [-0.05, 0) is 73.3 Å². The third kappa shape index (κ3) is 2.65. The molecule has 0 fully saturated rings. The van der Waals surface area contributed by atoms with Crippen molar-refractivity contribution >= 4 is 0 Å². The van der Waals surface area contributed by atoms with Crippen LogP contribution >= 0.6 is 0 Å². The molecule has 0 bridgehead atoms. The normalized spacial score (nSPS) is 17.2. The standard InChI is InChI=1S/C20H24/c1-14-4-6-17(7-5-14)8-9-18-10-11-19-12-15(2)13-20(19)16(18)3/h4-7,10-11,15H,8-9,12-13H2,1-3H3. The number of hydrogen-bond donors (Lipinski definition) is 0. The van der Waals surface area contributed by atoms with Gasteiger partial charge in [-0.25, -0.2) is 0 Å². The minimum absolute atomic E-state index is 0.830. The fourth-order valence-electron chi connectivity index (χ4n) is 3.44. The van der Waals surface area contributed by atoms with E-state index in [0.717, 1.165) is 18.8 Å². The van der Waals surface area contributed by atoms with Gasteiger partial charge in [-0.2, -0.15) is 0 Å². The largest absolute Gasteiger partial charge is 0.0619 e. The molecule has 20 heavy (non-hydrogen) atoms. The minimum Gasteiger partial charge on any atom is -0.0619 e. The van der Waals surface area contributed by atoms with Gasteiger partial charge in [-0.1, -0.05) is 48.9 Å². The van der Waals surface area contributed by atoms with E-state index >= 15 is 0 Å². The SMILES string of the molecule is Cc1ccc(CCc2ccc3c(c2C)CC(C)C3)cc1. The Bertz CT molecular complexity index is 605. The summed E-state index contributed by atoms with van der Waals surface area (Å²) in [5.74, 6) is 0.830. The lowest BCUT2D eigenvalue weighted by Gasteiger charge is -2.11. The summed E-state index contributed by atoms with van der Waals surface area (Å²) in [5.41, 5.74) is 9.12. The van der Waals surface area contributed by atoms with Gasteiger partial charge in [0.2, 0.25) is 0 Å². The van der Waals surface area contributed by atoms with Crippen molar-refractivity contribution in [2.24, 2.45) is 5.92 Å². The number of aryl methyl sites for hydroxylation is 3. The molecule has 0 saturated carbocycles. The first-order chi connectivity index (χ1) is 9.63. The summed E-state index contributed by atoms with van der Waals surface area (Å²) < 4.78 is 0. The second kappa shape index (κ2) is 5.44. The van der Waals surface area contributed by atoms with Crippen LogP contribution in [-0.2, 0) is 25.7 Å². The smallest absolute Gasteiger partial charge is 0.0236 e. The number of fused-ring (bicyclic) bond motifs is 1. The molecule has 2 aromatic rings. The van der Waals surface area contributed by atoms with E-state index < -0.39 is 0 Å². The van der Waals surface area contributed by atoms with Gasteiger partial charge in [-0.15, -0.1) is 0 Å². The van der Waals surface area contributed by atoms with Gasteiger partial charge >= 0.3 is 0 Å². The van der Waals surface area contributed by atoms with E-state index in [1.165, 1.54) is 24.0 Å². The maximum atomic E-state index is 2.37. The lowest BCUT2D eigenvalue weighted by atomic mass is 9.94. The highest BCUT2D eigenvalue weighted by atomic mass is 14.2. The van der Waals surface area contributed by atoms with Gasteiger partial charge < -0.3 is 0 Å². The maximum Gasteiger partial charge on any atom is -0.0236 e. The molecule has 1 aliphatic carbocycles. The lowest BCUT2D eigenvalue weighted by molar-refractivity contribution is 0.627. The predicted molar refractivity (Wildman–Crippen MR) is 86.3 cm³/mol. The highest BCUT2D eigenvalue weighted by Crippen LogP contribution is 2.31. The Morgan fingerprint density at radius 2 is 1.65 bits per heavy atom. The molecule has 0 spiro atoms. The van der Waals surface area contributed by atoms with Crippen LogP contribution in [-0.4, -0.2) is 0 Å². The van der Waals surface area contributed by atoms with Crippen LogP contribution in [0.25, 0.3) is 0 Å². The van der Waals surface area contributed by atoms with Crippen LogP contribution in [0.15, 0.2) is 36.4 Å². The van der Waals surface area contributed by atoms with Crippen LogP contribution in [0, 0.1) is 19.8 Å². The molecule has 0 heterocycles. The molecule has 0 N–H and O–H groups in total. The first-order valence-corrected chi connectivity index (χ1v) is 7.79. The third-order valence-corrected chi connectivity index (χ3v) is 4.73. The molecule has 0 aromatic heterocycles. The van der Waals surface area contributed by atoms with E-state index in [-0.39, 0.29) is 0 Å². The van der Waals surface area contributed by atoms with Crippen LogP contribution in [0.1, 0.15) is 40.3 Å². The summed E-state index contributed by atoms with van der Waals surface area (Å²) >= 11 is 0. The topological polar surface area (TPSA) is 0 Å². The van der Waals surface area contributed by atoms with Crippen LogP contribution < -0.4 is 0 Å². The van der Waals surface area contributed by atoms with Crippen LogP contribution in [0.5, 0.6) is 0 Å². The molecule has 2 aromatic carbocycles. The summed E-state index contributed by atoms with van der Waals surface area (Å²) in [5, 5.41) is 0. The number of hydrogen-bond acceptors (Lipinski definition) is 0. The van der Waals surface area contributed by atoms with Gasteiger partial charge in [0.05, 0.1) is 0 Å². The fraction of sp³-hybridized carbons (Fsp3) is 0.400. The van der Waals surface area contributed by atoms with Crippen molar-refractivity contribution in [1.29, 1.82) is 0 Å². The van der Waals surface area contributed by atoms with Crippen molar-refractivity contribution < 1.29 is 0 Å². The quantitative estimate of drug-likeness (QED) is 0.745. The third-order valence-electron chi connectivity index (χ3n) is 4.73. The average molecular weight is 264 g/mol. The van der Waals surface area contributed by atoms with Crippen LogP contribution in [0.2, 0.25) is 0 Å². The van der Waals surface area contributed by atoms with Crippen molar-refractivity contribution in [3.8, 4) is 0 Å². The summed E-state index contributed by atoms with van der Waals surface area (Å²) in [6.07, 6.45) is 4.86. The Balaban J connectivity index is 1.75. The van der Waals surface area contributed by atoms with Crippen LogP contribution in [0.3, 0.4) is 0 Å². The first-order valence-electron chi connectivity index (χ1n) is 7.79. The Labute approximate surface area is 122 Å². The van der Waals surface area contributed by atoms with E-state index in [0.29, 0.717) is 0 Å². The Morgan fingerprint density at radius 1 is 0.900 bits per heavy atom. The van der Waals surface area contributed by atoms with Gasteiger partial charge in [0.15, 0.2) is 0 Å². The summed E-state index contributed by atoms with van der Waals surface area (Å²) in [6, 6.07) is 13.7. The van der Waals surface area contributed by atoms with Crippen LogP contribution in [0.4, 0.5) is 0 Å². The molecule has 3 rings (SSSR count). The van der Waals surface area contributed by atoms with E-state index in [4.69, 9.17) is 0 Å². The van der Waals surface area contributed by atoms with Gasteiger partial charge in [0.1, 0.15) is 0 Å². The minimum atomic E-state index is 0.830. The fourth-order valence-corrected chi connectivity index (χ4v) is 3.44. The molecule has 0 radical (unpaired) electrons. The summed E-state index contributed by atoms with van der Waals surface area (Å²) in [7, 11) is 0. The van der Waals surface area contributed by atoms with Crippen molar-refractivity contribution in [2.75, 3.05) is 0 Å². The van der Waals surface area contributed by atoms with Crippen molar-refractivity contribution in [1.82, 2.24) is 0 Å². The molecular weight excluding hydrogens is 240 g/mol. The lowest BCUT2D eigenvalue weighted by Crippen LogP contribution is -1.98. The van der Waals surface area contributed by atoms with E-state index in [1.807, 2.05) is 0 Å². The average Bonchev–Trinajstić information content (AvgIpc) is 2.81. The summed E-state index contributed by atoms with van der Waals surface area (Å²) in [4.78, 5) is 0. The molecule has 1 atom stereocenters. The zero-order valence-corrected chi connectivity index (χ0v) is 12.9. The Hall–Kier alpha value is -1.56. The molecule has 0 heteroatoms. The van der Waals surface area contributed by atoms with Crippen molar-refractivity contribution in [2.45, 2.75) is 46.5 Å². The monoisotopic (exact) mass is 264 g/mol. The molecule has 0 aliphatic heterocycles. The predicted octanol–water partition coefficient (Wildman–Crippen LogP) is 4.82. The summed E-state index contributed by atoms with van der Waals surface area (Å²) in [6.45, 7) is 6.84. The van der Waals surface area contributed by atoms with E-state index in [9.17, 15) is 0 Å². The van der Waals surface area contributed by atoms with Gasteiger partial charge in [0, 0.05) is 0 Å².